The maximum Gasteiger partial charge on any atom is 0.416 e. The molecule has 0 radical (unpaired) electrons. The number of ether oxygens (including phenoxy) is 1. The second-order valence-corrected chi connectivity index (χ2v) is 5.99. The number of carbonyl (C=O) groups excluding carboxylic acids is 1. The summed E-state index contributed by atoms with van der Waals surface area (Å²) in [5.74, 6) is 0.168. The van der Waals surface area contributed by atoms with Crippen LogP contribution in [0.1, 0.15) is 24.1 Å². The Morgan fingerprint density at radius 1 is 1.23 bits per heavy atom. The molecule has 0 saturated carbocycles. The van der Waals surface area contributed by atoms with Gasteiger partial charge in [0, 0.05) is 11.6 Å². The van der Waals surface area contributed by atoms with Crippen molar-refractivity contribution in [3.63, 3.8) is 0 Å². The summed E-state index contributed by atoms with van der Waals surface area (Å²) in [5.41, 5.74) is -0.106. The summed E-state index contributed by atoms with van der Waals surface area (Å²) in [6.07, 6.45) is -4.51. The Morgan fingerprint density at radius 2 is 1.92 bits per heavy atom. The molecule has 1 atom stereocenters. The third kappa shape index (κ3) is 5.12. The predicted octanol–water partition coefficient (Wildman–Crippen LogP) is 4.66. The number of alkyl halides is 3. The molecule has 2 N–H and O–H groups in total. The van der Waals surface area contributed by atoms with E-state index in [1.165, 1.54) is 0 Å². The molecule has 0 spiro atoms. The quantitative estimate of drug-likeness (QED) is 0.759. The number of methoxy groups -OCH3 is 1. The first-order valence-corrected chi connectivity index (χ1v) is 8.13. The first-order chi connectivity index (χ1) is 12.2. The average Bonchev–Trinajstić information content (AvgIpc) is 2.60. The predicted molar refractivity (Wildman–Crippen MR) is 94.5 cm³/mol. The van der Waals surface area contributed by atoms with E-state index in [-0.39, 0.29) is 23.3 Å². The summed E-state index contributed by atoms with van der Waals surface area (Å²) < 4.78 is 43.6. The highest BCUT2D eigenvalue weighted by molar-refractivity contribution is 6.33. The molecule has 0 fully saturated rings. The smallest absolute Gasteiger partial charge is 0.416 e. The van der Waals surface area contributed by atoms with E-state index < -0.39 is 17.6 Å². The van der Waals surface area contributed by atoms with Crippen LogP contribution in [0.2, 0.25) is 5.02 Å². The van der Waals surface area contributed by atoms with Gasteiger partial charge in [0.1, 0.15) is 5.75 Å². The lowest BCUT2D eigenvalue weighted by Gasteiger charge is -2.17. The van der Waals surface area contributed by atoms with Gasteiger partial charge in [-0.3, -0.25) is 4.79 Å². The van der Waals surface area contributed by atoms with E-state index in [2.05, 4.69) is 10.6 Å². The van der Waals surface area contributed by atoms with E-state index in [1.54, 1.807) is 13.2 Å². The van der Waals surface area contributed by atoms with Gasteiger partial charge in [0.2, 0.25) is 5.91 Å². The van der Waals surface area contributed by atoms with Crippen LogP contribution in [0.3, 0.4) is 0 Å². The van der Waals surface area contributed by atoms with Crippen LogP contribution >= 0.6 is 11.6 Å². The van der Waals surface area contributed by atoms with E-state index in [0.29, 0.717) is 5.75 Å². The van der Waals surface area contributed by atoms with Crippen LogP contribution in [0.15, 0.2) is 42.5 Å². The summed E-state index contributed by atoms with van der Waals surface area (Å²) in [4.78, 5) is 12.1. The number of amides is 1. The first kappa shape index (κ1) is 20.1. The Balaban J connectivity index is 2.01. The molecular formula is C18H18ClF3N2O2. The van der Waals surface area contributed by atoms with E-state index in [4.69, 9.17) is 16.3 Å². The number of rotatable bonds is 6. The molecule has 0 aliphatic heterocycles. The van der Waals surface area contributed by atoms with Gasteiger partial charge in [-0.05, 0) is 31.2 Å². The van der Waals surface area contributed by atoms with E-state index in [0.717, 1.165) is 23.8 Å². The Kier molecular flexibility index (Phi) is 6.50. The monoisotopic (exact) mass is 386 g/mol. The van der Waals surface area contributed by atoms with Crippen molar-refractivity contribution in [3.05, 3.63) is 58.6 Å². The zero-order chi connectivity index (χ0) is 19.3. The van der Waals surface area contributed by atoms with Crippen molar-refractivity contribution in [2.24, 2.45) is 0 Å². The maximum atomic E-state index is 12.8. The van der Waals surface area contributed by atoms with Crippen LogP contribution in [0.25, 0.3) is 0 Å². The molecule has 8 heteroatoms. The summed E-state index contributed by atoms with van der Waals surface area (Å²) in [6, 6.07) is 9.91. The lowest BCUT2D eigenvalue weighted by Crippen LogP contribution is -2.30. The standard InChI is InChI=1S/C18H18ClF3N2O2/c1-11(13-5-3-4-6-16(13)26-2)23-10-17(25)24-15-9-12(18(20,21)22)7-8-14(15)19/h3-9,11,23H,10H2,1-2H3,(H,24,25)/t11-/m1/s1. The minimum atomic E-state index is -4.51. The van der Waals surface area contributed by atoms with Crippen LogP contribution in [0.5, 0.6) is 5.75 Å². The van der Waals surface area contributed by atoms with Crippen molar-refractivity contribution in [2.75, 3.05) is 19.0 Å². The van der Waals surface area contributed by atoms with Crippen molar-refractivity contribution < 1.29 is 22.7 Å². The molecular weight excluding hydrogens is 369 g/mol. The highest BCUT2D eigenvalue weighted by Crippen LogP contribution is 2.33. The molecule has 2 rings (SSSR count). The molecule has 0 saturated heterocycles. The van der Waals surface area contributed by atoms with E-state index >= 15 is 0 Å². The van der Waals surface area contributed by atoms with Crippen LogP contribution in [0.4, 0.5) is 18.9 Å². The van der Waals surface area contributed by atoms with Gasteiger partial charge in [0.25, 0.3) is 0 Å². The zero-order valence-electron chi connectivity index (χ0n) is 14.2. The number of halogens is 4. The number of anilines is 1. The van der Waals surface area contributed by atoms with Crippen LogP contribution in [0, 0.1) is 0 Å². The van der Waals surface area contributed by atoms with Crippen molar-refractivity contribution in [1.82, 2.24) is 5.32 Å². The number of benzene rings is 2. The topological polar surface area (TPSA) is 50.4 Å². The normalized spacial score (nSPS) is 12.5. The van der Waals surface area contributed by atoms with Crippen LogP contribution in [-0.4, -0.2) is 19.6 Å². The van der Waals surface area contributed by atoms with Gasteiger partial charge < -0.3 is 15.4 Å². The number of para-hydroxylation sites is 1. The van der Waals surface area contributed by atoms with Crippen molar-refractivity contribution in [3.8, 4) is 5.75 Å². The lowest BCUT2D eigenvalue weighted by atomic mass is 10.1. The SMILES string of the molecule is COc1ccccc1[C@@H](C)NCC(=O)Nc1cc(C(F)(F)F)ccc1Cl. The average molecular weight is 387 g/mol. The maximum absolute atomic E-state index is 12.8. The summed E-state index contributed by atoms with van der Waals surface area (Å²) >= 11 is 5.87. The van der Waals surface area contributed by atoms with E-state index in [1.807, 2.05) is 25.1 Å². The molecule has 140 valence electrons. The van der Waals surface area contributed by atoms with E-state index in [9.17, 15) is 18.0 Å². The Hall–Kier alpha value is -2.25. The van der Waals surface area contributed by atoms with Gasteiger partial charge in [0.15, 0.2) is 0 Å². The molecule has 2 aromatic carbocycles. The fourth-order valence-electron chi connectivity index (χ4n) is 2.37. The van der Waals surface area contributed by atoms with Crippen molar-refractivity contribution in [1.29, 1.82) is 0 Å². The molecule has 26 heavy (non-hydrogen) atoms. The molecule has 0 bridgehead atoms. The highest BCUT2D eigenvalue weighted by atomic mass is 35.5. The lowest BCUT2D eigenvalue weighted by molar-refractivity contribution is -0.137. The van der Waals surface area contributed by atoms with Crippen molar-refractivity contribution >= 4 is 23.2 Å². The highest BCUT2D eigenvalue weighted by Gasteiger charge is 2.31. The van der Waals surface area contributed by atoms with Gasteiger partial charge in [-0.1, -0.05) is 29.8 Å². The van der Waals surface area contributed by atoms with Crippen LogP contribution < -0.4 is 15.4 Å². The second-order valence-electron chi connectivity index (χ2n) is 5.59. The number of carbonyl (C=O) groups is 1. The Bertz CT molecular complexity index is 781. The third-order valence-corrected chi connectivity index (χ3v) is 4.07. The molecule has 4 nitrogen and oxygen atoms in total. The summed E-state index contributed by atoms with van der Waals surface area (Å²) in [7, 11) is 1.55. The van der Waals surface area contributed by atoms with Gasteiger partial charge in [0.05, 0.1) is 29.9 Å². The molecule has 2 aromatic rings. The van der Waals surface area contributed by atoms with Gasteiger partial charge in [-0.2, -0.15) is 13.2 Å². The zero-order valence-corrected chi connectivity index (χ0v) is 14.9. The minimum absolute atomic E-state index is 0.0316. The molecule has 0 aromatic heterocycles. The van der Waals surface area contributed by atoms with Crippen LogP contribution in [-0.2, 0) is 11.0 Å². The third-order valence-electron chi connectivity index (χ3n) is 3.74. The van der Waals surface area contributed by atoms with Crippen molar-refractivity contribution in [2.45, 2.75) is 19.1 Å². The minimum Gasteiger partial charge on any atom is -0.496 e. The molecule has 0 unspecified atom stereocenters. The first-order valence-electron chi connectivity index (χ1n) is 7.75. The fraction of sp³-hybridized carbons (Fsp3) is 0.278. The molecule has 0 aliphatic carbocycles. The molecule has 1 amide bonds. The fourth-order valence-corrected chi connectivity index (χ4v) is 2.54. The number of hydrogen-bond donors (Lipinski definition) is 2. The van der Waals surface area contributed by atoms with Gasteiger partial charge in [-0.15, -0.1) is 0 Å². The number of hydrogen-bond acceptors (Lipinski definition) is 3. The molecule has 0 heterocycles. The number of nitrogens with one attached hydrogen (secondary N) is 2. The molecule has 0 aliphatic rings. The summed E-state index contributed by atoms with van der Waals surface area (Å²) in [5, 5.41) is 5.43. The summed E-state index contributed by atoms with van der Waals surface area (Å²) in [6.45, 7) is 1.74. The Labute approximate surface area is 154 Å². The van der Waals surface area contributed by atoms with Gasteiger partial charge >= 0.3 is 6.18 Å². The second kappa shape index (κ2) is 8.42. The van der Waals surface area contributed by atoms with Gasteiger partial charge in [-0.25, -0.2) is 0 Å². The largest absolute Gasteiger partial charge is 0.496 e. The Morgan fingerprint density at radius 3 is 2.58 bits per heavy atom.